The molecule has 2 unspecified atom stereocenters. The van der Waals surface area contributed by atoms with E-state index in [0.29, 0.717) is 0 Å². The van der Waals surface area contributed by atoms with Crippen molar-refractivity contribution in [2.24, 2.45) is 10.2 Å². The van der Waals surface area contributed by atoms with E-state index in [4.69, 9.17) is 20.5 Å². The minimum Gasteiger partial charge on any atom is -0.368 e. The lowest BCUT2D eigenvalue weighted by Crippen LogP contribution is -2.55. The average molecular weight is 428 g/mol. The van der Waals surface area contributed by atoms with E-state index in [1.807, 2.05) is 61.5 Å². The van der Waals surface area contributed by atoms with Crippen molar-refractivity contribution in [3.8, 4) is 0 Å². The van der Waals surface area contributed by atoms with Crippen LogP contribution in [0.3, 0.4) is 0 Å². The van der Waals surface area contributed by atoms with Crippen molar-refractivity contribution >= 4 is 11.8 Å². The Balaban J connectivity index is 1.81. The highest BCUT2D eigenvalue weighted by molar-refractivity contribution is 7.99. The Labute approximate surface area is 177 Å². The summed E-state index contributed by atoms with van der Waals surface area (Å²) in [7, 11) is 0. The summed E-state index contributed by atoms with van der Waals surface area (Å²) in [6.07, 6.45) is -3.48. The van der Waals surface area contributed by atoms with Crippen LogP contribution in [0.4, 0.5) is 4.39 Å². The molecule has 1 fully saturated rings. The first kappa shape index (κ1) is 22.0. The maximum atomic E-state index is 15.5. The summed E-state index contributed by atoms with van der Waals surface area (Å²) < 4.78 is 27.3. The molecule has 3 rings (SSSR count). The molecular formula is C20H21FN6O2S. The first-order chi connectivity index (χ1) is 14.6. The normalized spacial score (nSPS) is 25.7. The zero-order valence-corrected chi connectivity index (χ0v) is 17.1. The monoisotopic (exact) mass is 428 g/mol. The molecule has 156 valence electrons. The number of halogens is 1. The van der Waals surface area contributed by atoms with Gasteiger partial charge in [-0.15, -0.1) is 0 Å². The molecule has 1 heterocycles. The number of thioether (sulfide) groups is 1. The molecule has 0 bridgehead atoms. The van der Waals surface area contributed by atoms with Gasteiger partial charge in [0, 0.05) is 14.7 Å². The van der Waals surface area contributed by atoms with Gasteiger partial charge in [-0.05, 0) is 35.7 Å². The van der Waals surface area contributed by atoms with Gasteiger partial charge in [0.05, 0.1) is 19.3 Å². The third-order valence-corrected chi connectivity index (χ3v) is 5.83. The van der Waals surface area contributed by atoms with Crippen LogP contribution in [0.15, 0.2) is 69.7 Å². The summed E-state index contributed by atoms with van der Waals surface area (Å²) in [6, 6.07) is 15.9. The Bertz CT molecular complexity index is 917. The molecule has 0 N–H and O–H groups in total. The lowest BCUT2D eigenvalue weighted by Gasteiger charge is -2.41. The third kappa shape index (κ3) is 5.66. The number of nitrogens with zero attached hydrogens (tertiary/aromatic N) is 6. The smallest absolute Gasteiger partial charge is 0.141 e. The summed E-state index contributed by atoms with van der Waals surface area (Å²) in [5, 5.41) is 7.21. The molecular weight excluding hydrogens is 407 g/mol. The van der Waals surface area contributed by atoms with E-state index >= 15 is 4.39 Å². The van der Waals surface area contributed by atoms with Crippen LogP contribution in [0.1, 0.15) is 11.1 Å². The molecule has 2 aromatic carbocycles. The van der Waals surface area contributed by atoms with E-state index in [0.717, 1.165) is 16.0 Å². The van der Waals surface area contributed by atoms with Crippen LogP contribution in [-0.4, -0.2) is 36.4 Å². The average Bonchev–Trinajstić information content (AvgIpc) is 2.76. The van der Waals surface area contributed by atoms with Crippen LogP contribution in [0.2, 0.25) is 0 Å². The highest BCUT2D eigenvalue weighted by atomic mass is 32.2. The molecule has 1 aliphatic rings. The number of azide groups is 2. The Morgan fingerprint density at radius 1 is 1.10 bits per heavy atom. The van der Waals surface area contributed by atoms with Crippen molar-refractivity contribution in [1.29, 1.82) is 0 Å². The van der Waals surface area contributed by atoms with Gasteiger partial charge >= 0.3 is 0 Å². The molecule has 0 aromatic heterocycles. The first-order valence-corrected chi connectivity index (χ1v) is 10.2. The second kappa shape index (κ2) is 10.9. The summed E-state index contributed by atoms with van der Waals surface area (Å²) in [4.78, 5) is 6.42. The van der Waals surface area contributed by atoms with Crippen LogP contribution >= 0.6 is 11.8 Å². The van der Waals surface area contributed by atoms with Crippen LogP contribution in [0, 0.1) is 6.92 Å². The fourth-order valence-corrected chi connectivity index (χ4v) is 4.24. The predicted octanol–water partition coefficient (Wildman–Crippen LogP) is 5.72. The molecule has 0 spiro atoms. The minimum atomic E-state index is -1.62. The van der Waals surface area contributed by atoms with Crippen molar-refractivity contribution < 1.29 is 13.9 Å². The first-order valence-electron chi connectivity index (χ1n) is 9.36. The van der Waals surface area contributed by atoms with Gasteiger partial charge < -0.3 is 9.47 Å². The Morgan fingerprint density at radius 3 is 2.50 bits per heavy atom. The predicted molar refractivity (Wildman–Crippen MR) is 113 cm³/mol. The standard InChI is InChI=1S/C20H21FN6O2S/c1-13-7-9-15(10-8-13)30-20-18(25-27-23)17(21)19(16(29-20)11-24-26-22)28-12-14-5-3-2-4-6-14/h2-10,16-20H,11-12H2,1H3/t16-,17-,18?,19?,20+/m1/s1. The topological polar surface area (TPSA) is 116 Å². The molecule has 30 heavy (non-hydrogen) atoms. The number of hydrogen-bond acceptors (Lipinski definition) is 5. The van der Waals surface area contributed by atoms with Crippen molar-refractivity contribution in [2.45, 2.75) is 48.3 Å². The molecule has 0 amide bonds. The van der Waals surface area contributed by atoms with Crippen LogP contribution in [0.5, 0.6) is 0 Å². The molecule has 8 nitrogen and oxygen atoms in total. The van der Waals surface area contributed by atoms with E-state index in [2.05, 4.69) is 20.1 Å². The zero-order valence-electron chi connectivity index (χ0n) is 16.3. The number of alkyl halides is 1. The van der Waals surface area contributed by atoms with Crippen LogP contribution in [0.25, 0.3) is 20.9 Å². The summed E-state index contributed by atoms with van der Waals surface area (Å²) >= 11 is 1.26. The fraction of sp³-hybridized carbons (Fsp3) is 0.400. The van der Waals surface area contributed by atoms with Gasteiger partial charge in [-0.2, -0.15) is 0 Å². The number of hydrogen-bond donors (Lipinski definition) is 0. The molecule has 5 atom stereocenters. The van der Waals surface area contributed by atoms with Gasteiger partial charge in [0.2, 0.25) is 0 Å². The van der Waals surface area contributed by atoms with E-state index < -0.39 is 29.9 Å². The van der Waals surface area contributed by atoms with Crippen molar-refractivity contribution in [2.75, 3.05) is 6.54 Å². The number of ether oxygens (including phenoxy) is 2. The van der Waals surface area contributed by atoms with Gasteiger partial charge in [-0.25, -0.2) is 4.39 Å². The molecule has 10 heteroatoms. The number of aryl methyl sites for hydroxylation is 1. The Hall–Kier alpha value is -2.74. The fourth-order valence-electron chi connectivity index (χ4n) is 3.14. The summed E-state index contributed by atoms with van der Waals surface area (Å²) in [6.45, 7) is 2.03. The number of benzene rings is 2. The lowest BCUT2D eigenvalue weighted by atomic mass is 9.99. The van der Waals surface area contributed by atoms with E-state index in [1.165, 1.54) is 11.8 Å². The third-order valence-electron chi connectivity index (χ3n) is 4.66. The van der Waals surface area contributed by atoms with E-state index in [9.17, 15) is 0 Å². The van der Waals surface area contributed by atoms with Gasteiger partial charge in [0.1, 0.15) is 23.8 Å². The Kier molecular flexibility index (Phi) is 7.96. The highest BCUT2D eigenvalue weighted by Gasteiger charge is 2.47. The minimum absolute atomic E-state index is 0.0929. The van der Waals surface area contributed by atoms with E-state index in [-0.39, 0.29) is 13.2 Å². The van der Waals surface area contributed by atoms with Gasteiger partial charge in [-0.1, -0.05) is 70.0 Å². The number of rotatable bonds is 8. The van der Waals surface area contributed by atoms with Crippen molar-refractivity contribution in [3.05, 3.63) is 86.6 Å². The van der Waals surface area contributed by atoms with Crippen LogP contribution < -0.4 is 0 Å². The van der Waals surface area contributed by atoms with Crippen molar-refractivity contribution in [1.82, 2.24) is 0 Å². The summed E-state index contributed by atoms with van der Waals surface area (Å²) in [5.74, 6) is 0. The van der Waals surface area contributed by atoms with Gasteiger partial charge in [0.15, 0.2) is 0 Å². The van der Waals surface area contributed by atoms with Gasteiger partial charge in [-0.3, -0.25) is 0 Å². The quantitative estimate of drug-likeness (QED) is 0.304. The maximum absolute atomic E-state index is 15.5. The lowest BCUT2D eigenvalue weighted by molar-refractivity contribution is -0.157. The van der Waals surface area contributed by atoms with E-state index in [1.54, 1.807) is 0 Å². The molecule has 1 saturated heterocycles. The second-order valence-corrected chi connectivity index (χ2v) is 7.96. The molecule has 0 aliphatic carbocycles. The molecule has 0 radical (unpaired) electrons. The second-order valence-electron chi connectivity index (χ2n) is 6.79. The molecule has 2 aromatic rings. The highest BCUT2D eigenvalue weighted by Crippen LogP contribution is 2.37. The summed E-state index contributed by atoms with van der Waals surface area (Å²) in [5.41, 5.74) is 18.9. The maximum Gasteiger partial charge on any atom is 0.141 e. The van der Waals surface area contributed by atoms with Gasteiger partial charge in [0.25, 0.3) is 0 Å². The SMILES string of the molecule is Cc1ccc(S[C@@H]2O[C@H](CN=[N+]=[N-])C(OCc3ccccc3)[C@H](F)C2N=[N+]=[N-])cc1. The Morgan fingerprint density at radius 2 is 1.83 bits per heavy atom. The molecule has 0 saturated carbocycles. The van der Waals surface area contributed by atoms with Crippen molar-refractivity contribution in [3.63, 3.8) is 0 Å². The van der Waals surface area contributed by atoms with Crippen LogP contribution in [-0.2, 0) is 16.1 Å². The largest absolute Gasteiger partial charge is 0.368 e. The zero-order chi connectivity index (χ0) is 21.3. The molecule has 1 aliphatic heterocycles.